The van der Waals surface area contributed by atoms with Crippen molar-refractivity contribution in [1.29, 1.82) is 0 Å². The second kappa shape index (κ2) is 10.7. The number of carbonyl (C=O) groups is 2. The van der Waals surface area contributed by atoms with Crippen LogP contribution in [0.15, 0.2) is 11.2 Å². The maximum Gasteiger partial charge on any atom is 0.230 e. The van der Waals surface area contributed by atoms with Gasteiger partial charge in [0.25, 0.3) is 0 Å². The Morgan fingerprint density at radius 1 is 1.27 bits per heavy atom. The molecule has 2 fully saturated rings. The third kappa shape index (κ3) is 6.23. The van der Waals surface area contributed by atoms with Crippen molar-refractivity contribution in [1.82, 2.24) is 20.2 Å². The Labute approximate surface area is 188 Å². The lowest BCUT2D eigenvalue weighted by molar-refractivity contribution is -0.137. The molecule has 1 saturated heterocycles. The summed E-state index contributed by atoms with van der Waals surface area (Å²) in [6.07, 6.45) is 4.39. The molecule has 1 unspecified atom stereocenters. The highest BCUT2D eigenvalue weighted by Gasteiger charge is 2.33. The van der Waals surface area contributed by atoms with E-state index < -0.39 is 0 Å². The van der Waals surface area contributed by atoms with Gasteiger partial charge in [-0.25, -0.2) is 9.97 Å². The number of anilines is 1. The van der Waals surface area contributed by atoms with Crippen LogP contribution in [0.4, 0.5) is 5.82 Å². The normalized spacial score (nSPS) is 20.1. The Morgan fingerprint density at radius 2 is 2.00 bits per heavy atom. The molecule has 1 aromatic rings. The van der Waals surface area contributed by atoms with Crippen molar-refractivity contribution in [3.05, 3.63) is 11.2 Å². The third-order valence-corrected chi connectivity index (χ3v) is 6.68. The quantitative estimate of drug-likeness (QED) is 0.388. The second-order valence-corrected chi connectivity index (χ2v) is 9.96. The van der Waals surface area contributed by atoms with Crippen molar-refractivity contribution in [3.8, 4) is 0 Å². The molecule has 3 rings (SSSR count). The highest BCUT2D eigenvalue weighted by Crippen LogP contribution is 2.29. The van der Waals surface area contributed by atoms with Gasteiger partial charge in [-0.15, -0.1) is 0 Å². The number of hydrogen-bond donors (Lipinski definition) is 1. The minimum absolute atomic E-state index is 0.0357. The van der Waals surface area contributed by atoms with Crippen LogP contribution in [0, 0.1) is 11.8 Å². The molecule has 30 heavy (non-hydrogen) atoms. The summed E-state index contributed by atoms with van der Waals surface area (Å²) in [6.45, 7) is 8.99. The van der Waals surface area contributed by atoms with Gasteiger partial charge in [0.05, 0.1) is 5.75 Å². The number of amides is 2. The average molecular weight is 454 g/mol. The smallest absolute Gasteiger partial charge is 0.230 e. The maximum absolute atomic E-state index is 12.8. The predicted octanol–water partition coefficient (Wildman–Crippen LogP) is 3.22. The Kier molecular flexibility index (Phi) is 8.22. The van der Waals surface area contributed by atoms with E-state index in [0.717, 1.165) is 25.2 Å². The van der Waals surface area contributed by atoms with Crippen molar-refractivity contribution in [3.63, 3.8) is 0 Å². The van der Waals surface area contributed by atoms with Gasteiger partial charge in [0.1, 0.15) is 11.0 Å². The summed E-state index contributed by atoms with van der Waals surface area (Å²) in [5.74, 6) is 1.90. The van der Waals surface area contributed by atoms with Crippen LogP contribution in [0.25, 0.3) is 0 Å². The SMILES string of the molecule is CC(C)CNC(=O)CSc1nc(Cl)cc(N2CCN(C(=O)C3CCCC3)C(C)C2)n1. The fourth-order valence-electron chi connectivity index (χ4n) is 4.01. The Bertz CT molecular complexity index is 757. The van der Waals surface area contributed by atoms with Gasteiger partial charge < -0.3 is 15.1 Å². The lowest BCUT2D eigenvalue weighted by atomic mass is 10.0. The fourth-order valence-corrected chi connectivity index (χ4v) is 4.92. The Hall–Kier alpha value is -1.54. The van der Waals surface area contributed by atoms with Crippen LogP contribution in [0.5, 0.6) is 0 Å². The zero-order valence-electron chi connectivity index (χ0n) is 18.1. The lowest BCUT2D eigenvalue weighted by Crippen LogP contribution is -2.55. The minimum Gasteiger partial charge on any atom is -0.355 e. The summed E-state index contributed by atoms with van der Waals surface area (Å²) < 4.78 is 0. The molecule has 1 atom stereocenters. The van der Waals surface area contributed by atoms with Crippen molar-refractivity contribution in [2.24, 2.45) is 11.8 Å². The number of aromatic nitrogens is 2. The van der Waals surface area contributed by atoms with Crippen LogP contribution in [0.1, 0.15) is 46.5 Å². The molecule has 1 saturated carbocycles. The Morgan fingerprint density at radius 3 is 2.67 bits per heavy atom. The predicted molar refractivity (Wildman–Crippen MR) is 121 cm³/mol. The molecular weight excluding hydrogens is 422 g/mol. The first-order valence-electron chi connectivity index (χ1n) is 10.8. The molecule has 0 aromatic carbocycles. The molecule has 1 aliphatic carbocycles. The van der Waals surface area contributed by atoms with Gasteiger partial charge in [0.15, 0.2) is 5.16 Å². The number of nitrogens with one attached hydrogen (secondary N) is 1. The zero-order chi connectivity index (χ0) is 21.7. The van der Waals surface area contributed by atoms with Crippen LogP contribution in [0.2, 0.25) is 5.15 Å². The van der Waals surface area contributed by atoms with Crippen LogP contribution in [-0.4, -0.2) is 64.7 Å². The monoisotopic (exact) mass is 453 g/mol. The van der Waals surface area contributed by atoms with E-state index in [2.05, 4.69) is 41.0 Å². The number of nitrogens with zero attached hydrogens (tertiary/aromatic N) is 4. The average Bonchev–Trinajstić information content (AvgIpc) is 3.24. The third-order valence-electron chi connectivity index (χ3n) is 5.64. The van der Waals surface area contributed by atoms with Gasteiger partial charge in [-0.1, -0.05) is 50.1 Å². The molecular formula is C21H32ClN5O2S. The molecule has 2 aliphatic rings. The van der Waals surface area contributed by atoms with Crippen molar-refractivity contribution < 1.29 is 9.59 Å². The number of hydrogen-bond acceptors (Lipinski definition) is 6. The first-order valence-corrected chi connectivity index (χ1v) is 12.2. The van der Waals surface area contributed by atoms with Gasteiger partial charge in [-0.2, -0.15) is 0 Å². The van der Waals surface area contributed by atoms with Gasteiger partial charge in [0.2, 0.25) is 11.8 Å². The summed E-state index contributed by atoms with van der Waals surface area (Å²) >= 11 is 7.52. The summed E-state index contributed by atoms with van der Waals surface area (Å²) in [4.78, 5) is 37.9. The van der Waals surface area contributed by atoms with Crippen molar-refractivity contribution in [2.45, 2.75) is 57.7 Å². The fraction of sp³-hybridized carbons (Fsp3) is 0.714. The van der Waals surface area contributed by atoms with E-state index in [4.69, 9.17) is 11.6 Å². The molecule has 0 bridgehead atoms. The van der Waals surface area contributed by atoms with E-state index in [-0.39, 0.29) is 23.6 Å². The van der Waals surface area contributed by atoms with Gasteiger partial charge in [-0.3, -0.25) is 9.59 Å². The van der Waals surface area contributed by atoms with Gasteiger partial charge >= 0.3 is 0 Å². The van der Waals surface area contributed by atoms with E-state index in [1.54, 1.807) is 6.07 Å². The zero-order valence-corrected chi connectivity index (χ0v) is 19.6. The molecule has 7 nitrogen and oxygen atoms in total. The van der Waals surface area contributed by atoms with Gasteiger partial charge in [-0.05, 0) is 25.7 Å². The lowest BCUT2D eigenvalue weighted by Gasteiger charge is -2.41. The highest BCUT2D eigenvalue weighted by molar-refractivity contribution is 7.99. The topological polar surface area (TPSA) is 78.4 Å². The number of halogens is 1. The molecule has 166 valence electrons. The van der Waals surface area contributed by atoms with Crippen LogP contribution < -0.4 is 10.2 Å². The summed E-state index contributed by atoms with van der Waals surface area (Å²) in [5.41, 5.74) is 0. The number of piperazine rings is 1. The van der Waals surface area contributed by atoms with Crippen molar-refractivity contribution in [2.75, 3.05) is 36.8 Å². The molecule has 2 heterocycles. The van der Waals surface area contributed by atoms with Crippen LogP contribution in [-0.2, 0) is 9.59 Å². The largest absolute Gasteiger partial charge is 0.355 e. The number of thioether (sulfide) groups is 1. The minimum atomic E-state index is -0.0357. The molecule has 0 radical (unpaired) electrons. The molecule has 1 aromatic heterocycles. The van der Waals surface area contributed by atoms with Crippen LogP contribution in [0.3, 0.4) is 0 Å². The molecule has 9 heteroatoms. The summed E-state index contributed by atoms with van der Waals surface area (Å²) in [5, 5.41) is 3.75. The standard InChI is InChI=1S/C21H32ClN5O2S/c1-14(2)11-23-19(28)13-30-21-24-17(22)10-18(25-21)26-8-9-27(15(3)12-26)20(29)16-6-4-5-7-16/h10,14-16H,4-9,11-13H2,1-3H3,(H,23,28). The van der Waals surface area contributed by atoms with Gasteiger partial charge in [0, 0.05) is 44.2 Å². The molecule has 1 aliphatic heterocycles. The number of rotatable bonds is 7. The first kappa shape index (κ1) is 23.1. The van der Waals surface area contributed by atoms with E-state index in [9.17, 15) is 9.59 Å². The summed E-state index contributed by atoms with van der Waals surface area (Å²) in [7, 11) is 0. The van der Waals surface area contributed by atoms with E-state index >= 15 is 0 Å². The summed E-state index contributed by atoms with van der Waals surface area (Å²) in [6, 6.07) is 1.88. The first-order chi connectivity index (χ1) is 14.3. The van der Waals surface area contributed by atoms with E-state index in [1.807, 2.05) is 4.90 Å². The molecule has 0 spiro atoms. The Balaban J connectivity index is 1.58. The maximum atomic E-state index is 12.8. The van der Waals surface area contributed by atoms with Crippen molar-refractivity contribution >= 4 is 41.0 Å². The second-order valence-electron chi connectivity index (χ2n) is 8.63. The number of carbonyl (C=O) groups excluding carboxylic acids is 2. The highest BCUT2D eigenvalue weighted by atomic mass is 35.5. The van der Waals surface area contributed by atoms with E-state index in [1.165, 1.54) is 24.6 Å². The molecule has 1 N–H and O–H groups in total. The van der Waals surface area contributed by atoms with Crippen LogP contribution >= 0.6 is 23.4 Å². The van der Waals surface area contributed by atoms with E-state index in [0.29, 0.717) is 41.8 Å². The molecule has 2 amide bonds.